The number of hydrogen-bond acceptors (Lipinski definition) is 0. The second kappa shape index (κ2) is 4.08. The fraction of sp³-hybridized carbons (Fsp3) is 0.500. The predicted octanol–water partition coefficient (Wildman–Crippen LogP) is 4.92. The average molecular weight is 216 g/mol. The van der Waals surface area contributed by atoms with E-state index in [1.54, 1.807) is 0 Å². The normalized spacial score (nSPS) is 12.6. The van der Waals surface area contributed by atoms with Crippen LogP contribution in [-0.4, -0.2) is 0 Å². The molecular weight excluding hydrogens is 192 g/mol. The van der Waals surface area contributed by atoms with E-state index in [4.69, 9.17) is 0 Å². The summed E-state index contributed by atoms with van der Waals surface area (Å²) in [6, 6.07) is 6.67. The van der Waals surface area contributed by atoms with Crippen molar-refractivity contribution in [2.75, 3.05) is 0 Å². The van der Waals surface area contributed by atoms with Crippen molar-refractivity contribution in [2.24, 2.45) is 0 Å². The summed E-state index contributed by atoms with van der Waals surface area (Å²) in [4.78, 5) is 0. The summed E-state index contributed by atoms with van der Waals surface area (Å²) in [5.74, 6) is 0. The van der Waals surface area contributed by atoms with E-state index < -0.39 is 0 Å². The topological polar surface area (TPSA) is 0 Å². The van der Waals surface area contributed by atoms with Gasteiger partial charge in [0.1, 0.15) is 0 Å². The lowest BCUT2D eigenvalue weighted by Crippen LogP contribution is -2.21. The zero-order valence-corrected chi connectivity index (χ0v) is 11.5. The number of benzene rings is 1. The Labute approximate surface area is 100 Å². The van der Waals surface area contributed by atoms with Crippen LogP contribution >= 0.6 is 0 Å². The average Bonchev–Trinajstić information content (AvgIpc) is 2.14. The number of hydrogen-bond donors (Lipinski definition) is 0. The molecule has 0 aliphatic rings. The van der Waals surface area contributed by atoms with Crippen LogP contribution in [0.2, 0.25) is 0 Å². The van der Waals surface area contributed by atoms with Crippen LogP contribution in [0.4, 0.5) is 0 Å². The minimum atomic E-state index is 0.182. The van der Waals surface area contributed by atoms with Gasteiger partial charge in [0.25, 0.3) is 0 Å². The molecule has 0 heteroatoms. The molecule has 0 unspecified atom stereocenters. The van der Waals surface area contributed by atoms with Crippen molar-refractivity contribution in [2.45, 2.75) is 52.4 Å². The first-order valence-corrected chi connectivity index (χ1v) is 5.93. The lowest BCUT2D eigenvalue weighted by molar-refractivity contribution is 0.530. The first-order chi connectivity index (χ1) is 7.16. The Hall–Kier alpha value is -1.04. The zero-order chi connectivity index (χ0) is 12.6. The van der Waals surface area contributed by atoms with Gasteiger partial charge in [-0.2, -0.15) is 0 Å². The van der Waals surface area contributed by atoms with E-state index in [1.165, 1.54) is 16.7 Å². The quantitative estimate of drug-likeness (QED) is 0.624. The van der Waals surface area contributed by atoms with Crippen molar-refractivity contribution in [3.8, 4) is 0 Å². The fourth-order valence-electron chi connectivity index (χ4n) is 1.96. The molecule has 0 nitrogen and oxygen atoms in total. The van der Waals surface area contributed by atoms with E-state index >= 15 is 0 Å². The SMILES string of the molecule is C=Cc1ccc(C(C)(C)C)c(C(C)(C)C)c1. The van der Waals surface area contributed by atoms with Gasteiger partial charge < -0.3 is 0 Å². The molecule has 0 bridgehead atoms. The Morgan fingerprint density at radius 2 is 1.38 bits per heavy atom. The van der Waals surface area contributed by atoms with E-state index in [-0.39, 0.29) is 10.8 Å². The molecule has 0 saturated heterocycles. The second-order valence-corrected chi connectivity index (χ2v) is 6.51. The predicted molar refractivity (Wildman–Crippen MR) is 73.9 cm³/mol. The highest BCUT2D eigenvalue weighted by Gasteiger charge is 2.24. The van der Waals surface area contributed by atoms with Gasteiger partial charge in [0.05, 0.1) is 0 Å². The monoisotopic (exact) mass is 216 g/mol. The zero-order valence-electron chi connectivity index (χ0n) is 11.5. The molecular formula is C16H24. The molecule has 1 aromatic rings. The fourth-order valence-corrected chi connectivity index (χ4v) is 1.96. The summed E-state index contributed by atoms with van der Waals surface area (Å²) >= 11 is 0. The Morgan fingerprint density at radius 1 is 0.875 bits per heavy atom. The largest absolute Gasteiger partial charge is 0.0985 e. The molecule has 0 N–H and O–H groups in total. The van der Waals surface area contributed by atoms with Crippen LogP contribution in [-0.2, 0) is 10.8 Å². The third-order valence-electron chi connectivity index (χ3n) is 2.90. The highest BCUT2D eigenvalue weighted by Crippen LogP contribution is 2.34. The third-order valence-corrected chi connectivity index (χ3v) is 2.90. The molecule has 0 fully saturated rings. The van der Waals surface area contributed by atoms with Crippen LogP contribution in [0.5, 0.6) is 0 Å². The molecule has 0 aromatic heterocycles. The Bertz CT molecular complexity index is 383. The highest BCUT2D eigenvalue weighted by atomic mass is 14.3. The molecule has 0 spiro atoms. The lowest BCUT2D eigenvalue weighted by atomic mass is 9.75. The molecule has 0 aliphatic carbocycles. The van der Waals surface area contributed by atoms with E-state index in [1.807, 2.05) is 6.08 Å². The molecule has 0 amide bonds. The minimum Gasteiger partial charge on any atom is -0.0985 e. The van der Waals surface area contributed by atoms with Gasteiger partial charge in [-0.3, -0.25) is 0 Å². The summed E-state index contributed by atoms with van der Waals surface area (Å²) in [7, 11) is 0. The summed E-state index contributed by atoms with van der Waals surface area (Å²) < 4.78 is 0. The van der Waals surface area contributed by atoms with Gasteiger partial charge in [-0.15, -0.1) is 0 Å². The molecule has 0 saturated carbocycles. The van der Waals surface area contributed by atoms with Gasteiger partial charge in [-0.05, 0) is 27.5 Å². The highest BCUT2D eigenvalue weighted by molar-refractivity contribution is 5.52. The maximum atomic E-state index is 3.85. The summed E-state index contributed by atoms with van der Waals surface area (Å²) in [6.07, 6.45) is 1.92. The maximum absolute atomic E-state index is 3.85. The van der Waals surface area contributed by atoms with E-state index in [0.29, 0.717) is 0 Å². The first-order valence-electron chi connectivity index (χ1n) is 5.93. The van der Waals surface area contributed by atoms with Crippen molar-refractivity contribution in [1.29, 1.82) is 0 Å². The molecule has 0 aliphatic heterocycles. The molecule has 0 heterocycles. The molecule has 0 radical (unpaired) electrons. The van der Waals surface area contributed by atoms with Crippen LogP contribution in [0.3, 0.4) is 0 Å². The Balaban J connectivity index is 3.45. The van der Waals surface area contributed by atoms with Crippen LogP contribution in [0.1, 0.15) is 58.2 Å². The van der Waals surface area contributed by atoms with Gasteiger partial charge in [0.2, 0.25) is 0 Å². The van der Waals surface area contributed by atoms with Crippen molar-refractivity contribution in [3.05, 3.63) is 41.5 Å². The van der Waals surface area contributed by atoms with Gasteiger partial charge in [-0.25, -0.2) is 0 Å². The minimum absolute atomic E-state index is 0.182. The summed E-state index contributed by atoms with van der Waals surface area (Å²) in [5.41, 5.74) is 4.45. The molecule has 0 atom stereocenters. The van der Waals surface area contributed by atoms with E-state index in [2.05, 4.69) is 66.3 Å². The smallest absolute Gasteiger partial charge is 0.0129 e. The third kappa shape index (κ3) is 2.75. The van der Waals surface area contributed by atoms with Gasteiger partial charge in [0, 0.05) is 0 Å². The summed E-state index contributed by atoms with van der Waals surface area (Å²) in [5, 5.41) is 0. The maximum Gasteiger partial charge on any atom is -0.0129 e. The molecule has 1 aromatic carbocycles. The number of rotatable bonds is 1. The summed E-state index contributed by atoms with van der Waals surface area (Å²) in [6.45, 7) is 17.5. The van der Waals surface area contributed by atoms with Crippen molar-refractivity contribution in [1.82, 2.24) is 0 Å². The standard InChI is InChI=1S/C16H24/c1-8-12-9-10-13(15(2,3)4)14(11-12)16(5,6)7/h8-11H,1H2,2-7H3. The van der Waals surface area contributed by atoms with Gasteiger partial charge in [0.15, 0.2) is 0 Å². The molecule has 16 heavy (non-hydrogen) atoms. The van der Waals surface area contributed by atoms with Crippen molar-refractivity contribution in [3.63, 3.8) is 0 Å². The van der Waals surface area contributed by atoms with E-state index in [0.717, 1.165) is 0 Å². The van der Waals surface area contributed by atoms with Crippen LogP contribution in [0, 0.1) is 0 Å². The van der Waals surface area contributed by atoms with Gasteiger partial charge >= 0.3 is 0 Å². The van der Waals surface area contributed by atoms with Crippen LogP contribution in [0.15, 0.2) is 24.8 Å². The van der Waals surface area contributed by atoms with E-state index in [9.17, 15) is 0 Å². The molecule has 1 rings (SSSR count). The first kappa shape index (κ1) is 13.0. The van der Waals surface area contributed by atoms with Crippen LogP contribution in [0.25, 0.3) is 6.08 Å². The molecule has 88 valence electrons. The van der Waals surface area contributed by atoms with Crippen molar-refractivity contribution < 1.29 is 0 Å². The Morgan fingerprint density at radius 3 is 1.75 bits per heavy atom. The second-order valence-electron chi connectivity index (χ2n) is 6.51. The Kier molecular flexibility index (Phi) is 3.33. The van der Waals surface area contributed by atoms with Crippen LogP contribution < -0.4 is 0 Å². The van der Waals surface area contributed by atoms with Crippen molar-refractivity contribution >= 4 is 6.08 Å². The lowest BCUT2D eigenvalue weighted by Gasteiger charge is -2.30. The van der Waals surface area contributed by atoms with Gasteiger partial charge in [-0.1, -0.05) is 72.4 Å².